The molecule has 0 fully saturated rings. The fraction of sp³-hybridized carbons (Fsp3) is 0.750. The summed E-state index contributed by atoms with van der Waals surface area (Å²) in [6.07, 6.45) is 0.239. The Morgan fingerprint density at radius 2 is 2.33 bits per heavy atom. The zero-order chi connectivity index (χ0) is 7.28. The SMILES string of the molecule is NNC(=O)[C@@H](N)CCO. The summed E-state index contributed by atoms with van der Waals surface area (Å²) in [4.78, 5) is 10.4. The van der Waals surface area contributed by atoms with Crippen LogP contribution in [0.2, 0.25) is 0 Å². The molecule has 0 rings (SSSR count). The molecule has 9 heavy (non-hydrogen) atoms. The number of hydrogen-bond acceptors (Lipinski definition) is 4. The number of amides is 1. The van der Waals surface area contributed by atoms with Crippen molar-refractivity contribution < 1.29 is 9.90 Å². The number of nitrogens with two attached hydrogens (primary N) is 2. The van der Waals surface area contributed by atoms with E-state index in [-0.39, 0.29) is 13.0 Å². The fourth-order valence-corrected chi connectivity index (χ4v) is 0.377. The van der Waals surface area contributed by atoms with E-state index in [2.05, 4.69) is 0 Å². The Bertz CT molecular complexity index is 95.8. The van der Waals surface area contributed by atoms with Crippen LogP contribution in [0.25, 0.3) is 0 Å². The van der Waals surface area contributed by atoms with Crippen molar-refractivity contribution in [1.82, 2.24) is 5.43 Å². The number of carbonyl (C=O) groups is 1. The zero-order valence-corrected chi connectivity index (χ0v) is 5.00. The number of aliphatic hydroxyl groups excluding tert-OH is 1. The van der Waals surface area contributed by atoms with Gasteiger partial charge in [-0.15, -0.1) is 0 Å². The predicted octanol–water partition coefficient (Wildman–Crippen LogP) is -2.31. The lowest BCUT2D eigenvalue weighted by atomic mass is 10.2. The van der Waals surface area contributed by atoms with Crippen LogP contribution in [-0.4, -0.2) is 23.7 Å². The second kappa shape index (κ2) is 4.25. The maximum Gasteiger partial charge on any atom is 0.250 e. The molecule has 0 unspecified atom stereocenters. The first-order valence-corrected chi connectivity index (χ1v) is 2.59. The van der Waals surface area contributed by atoms with E-state index < -0.39 is 11.9 Å². The molecule has 0 saturated carbocycles. The maximum atomic E-state index is 10.4. The lowest BCUT2D eigenvalue weighted by Gasteiger charge is -2.05. The molecular formula is C4H11N3O2. The van der Waals surface area contributed by atoms with Crippen molar-refractivity contribution in [2.75, 3.05) is 6.61 Å². The van der Waals surface area contributed by atoms with Crippen LogP contribution in [0.5, 0.6) is 0 Å². The van der Waals surface area contributed by atoms with Gasteiger partial charge in [0.25, 0.3) is 5.91 Å². The van der Waals surface area contributed by atoms with Crippen molar-refractivity contribution in [1.29, 1.82) is 0 Å². The molecule has 1 amide bonds. The molecule has 0 aromatic carbocycles. The first-order chi connectivity index (χ1) is 4.22. The van der Waals surface area contributed by atoms with Crippen molar-refractivity contribution >= 4 is 5.91 Å². The van der Waals surface area contributed by atoms with Crippen LogP contribution in [0.15, 0.2) is 0 Å². The molecule has 5 heteroatoms. The average molecular weight is 133 g/mol. The fourth-order valence-electron chi connectivity index (χ4n) is 0.377. The molecule has 0 aliphatic rings. The number of aliphatic hydroxyl groups is 1. The third-order valence-electron chi connectivity index (χ3n) is 0.919. The summed E-state index contributed by atoms with van der Waals surface area (Å²) in [5.74, 6) is 4.29. The minimum atomic E-state index is -0.694. The Morgan fingerprint density at radius 1 is 1.78 bits per heavy atom. The molecule has 0 spiro atoms. The molecule has 0 aliphatic heterocycles. The highest BCUT2D eigenvalue weighted by Gasteiger charge is 2.09. The van der Waals surface area contributed by atoms with Gasteiger partial charge in [0.2, 0.25) is 0 Å². The van der Waals surface area contributed by atoms with Crippen LogP contribution in [0.3, 0.4) is 0 Å². The standard InChI is InChI=1S/C4H11N3O2/c5-3(1-2-8)4(9)7-6/h3,8H,1-2,5-6H2,(H,7,9)/t3-/m0/s1. The second-order valence-corrected chi connectivity index (χ2v) is 1.63. The van der Waals surface area contributed by atoms with Gasteiger partial charge in [0.15, 0.2) is 0 Å². The third kappa shape index (κ3) is 3.02. The molecule has 0 saturated heterocycles. The molecular weight excluding hydrogens is 122 g/mol. The van der Waals surface area contributed by atoms with E-state index in [1.165, 1.54) is 0 Å². The van der Waals surface area contributed by atoms with Crippen molar-refractivity contribution in [2.45, 2.75) is 12.5 Å². The molecule has 5 nitrogen and oxygen atoms in total. The van der Waals surface area contributed by atoms with Crippen LogP contribution < -0.4 is 17.0 Å². The molecule has 0 heterocycles. The van der Waals surface area contributed by atoms with Crippen molar-refractivity contribution in [3.8, 4) is 0 Å². The molecule has 6 N–H and O–H groups in total. The largest absolute Gasteiger partial charge is 0.396 e. The van der Waals surface area contributed by atoms with Crippen LogP contribution in [-0.2, 0) is 4.79 Å². The molecule has 0 aromatic heterocycles. The summed E-state index contributed by atoms with van der Waals surface area (Å²) < 4.78 is 0. The number of hydrogen-bond donors (Lipinski definition) is 4. The van der Waals surface area contributed by atoms with Crippen molar-refractivity contribution in [3.05, 3.63) is 0 Å². The monoisotopic (exact) mass is 133 g/mol. The summed E-state index contributed by atoms with van der Waals surface area (Å²) >= 11 is 0. The van der Waals surface area contributed by atoms with E-state index >= 15 is 0 Å². The summed E-state index contributed by atoms with van der Waals surface area (Å²) in [7, 11) is 0. The van der Waals surface area contributed by atoms with E-state index in [0.717, 1.165) is 0 Å². The van der Waals surface area contributed by atoms with E-state index in [1.54, 1.807) is 0 Å². The van der Waals surface area contributed by atoms with Gasteiger partial charge in [-0.05, 0) is 6.42 Å². The van der Waals surface area contributed by atoms with Crippen LogP contribution in [0.1, 0.15) is 6.42 Å². The molecule has 0 aromatic rings. The highest BCUT2D eigenvalue weighted by Crippen LogP contribution is 1.83. The zero-order valence-electron chi connectivity index (χ0n) is 5.00. The van der Waals surface area contributed by atoms with Crippen molar-refractivity contribution in [2.24, 2.45) is 11.6 Å². The lowest BCUT2D eigenvalue weighted by molar-refractivity contribution is -0.122. The Morgan fingerprint density at radius 3 is 2.67 bits per heavy atom. The van der Waals surface area contributed by atoms with Gasteiger partial charge in [0, 0.05) is 6.61 Å². The van der Waals surface area contributed by atoms with Crippen LogP contribution in [0, 0.1) is 0 Å². The minimum absolute atomic E-state index is 0.103. The first-order valence-electron chi connectivity index (χ1n) is 2.59. The molecule has 0 aliphatic carbocycles. The smallest absolute Gasteiger partial charge is 0.250 e. The molecule has 0 radical (unpaired) electrons. The average Bonchev–Trinajstić information content (AvgIpc) is 1.87. The van der Waals surface area contributed by atoms with Gasteiger partial charge >= 0.3 is 0 Å². The van der Waals surface area contributed by atoms with Gasteiger partial charge < -0.3 is 10.8 Å². The summed E-state index contributed by atoms with van der Waals surface area (Å²) in [5.41, 5.74) is 7.06. The second-order valence-electron chi connectivity index (χ2n) is 1.63. The Kier molecular flexibility index (Phi) is 3.94. The Balaban J connectivity index is 3.45. The minimum Gasteiger partial charge on any atom is -0.396 e. The number of rotatable bonds is 3. The van der Waals surface area contributed by atoms with E-state index in [0.29, 0.717) is 0 Å². The van der Waals surface area contributed by atoms with E-state index in [9.17, 15) is 4.79 Å². The van der Waals surface area contributed by atoms with Gasteiger partial charge in [-0.25, -0.2) is 5.84 Å². The van der Waals surface area contributed by atoms with Crippen LogP contribution >= 0.6 is 0 Å². The summed E-state index contributed by atoms with van der Waals surface area (Å²) in [6, 6.07) is -0.694. The van der Waals surface area contributed by atoms with Gasteiger partial charge in [-0.1, -0.05) is 0 Å². The van der Waals surface area contributed by atoms with Crippen molar-refractivity contribution in [3.63, 3.8) is 0 Å². The normalized spacial score (nSPS) is 12.8. The highest BCUT2D eigenvalue weighted by atomic mass is 16.3. The quantitative estimate of drug-likeness (QED) is 0.197. The van der Waals surface area contributed by atoms with E-state index in [1.807, 2.05) is 5.43 Å². The summed E-state index contributed by atoms with van der Waals surface area (Å²) in [5, 5.41) is 8.28. The highest BCUT2D eigenvalue weighted by molar-refractivity contribution is 5.80. The summed E-state index contributed by atoms with van der Waals surface area (Å²) in [6.45, 7) is -0.103. The van der Waals surface area contributed by atoms with E-state index in [4.69, 9.17) is 16.7 Å². The first kappa shape index (κ1) is 8.35. The molecule has 54 valence electrons. The molecule has 0 bridgehead atoms. The number of hydrazine groups is 1. The van der Waals surface area contributed by atoms with Gasteiger partial charge in [0.05, 0.1) is 6.04 Å². The molecule has 1 atom stereocenters. The lowest BCUT2D eigenvalue weighted by Crippen LogP contribution is -2.44. The van der Waals surface area contributed by atoms with Gasteiger partial charge in [-0.2, -0.15) is 0 Å². The third-order valence-corrected chi connectivity index (χ3v) is 0.919. The van der Waals surface area contributed by atoms with Crippen LogP contribution in [0.4, 0.5) is 0 Å². The Hall–Kier alpha value is -0.650. The van der Waals surface area contributed by atoms with Gasteiger partial charge in [0.1, 0.15) is 0 Å². The number of carbonyl (C=O) groups excluding carboxylic acids is 1. The topological polar surface area (TPSA) is 101 Å². The number of nitrogens with one attached hydrogen (secondary N) is 1. The van der Waals surface area contributed by atoms with Gasteiger partial charge in [-0.3, -0.25) is 10.2 Å². The maximum absolute atomic E-state index is 10.4. The Labute approximate surface area is 53.0 Å². The predicted molar refractivity (Wildman–Crippen MR) is 32.0 cm³/mol.